The lowest BCUT2D eigenvalue weighted by Crippen LogP contribution is -2.35. The fourth-order valence-corrected chi connectivity index (χ4v) is 2.20. The third-order valence-corrected chi connectivity index (χ3v) is 3.44. The number of methoxy groups -OCH3 is 1. The lowest BCUT2D eigenvalue weighted by atomic mass is 10.2. The number of nitrogens with zero attached hydrogens (tertiary/aromatic N) is 1. The Balaban J connectivity index is 2.00. The number of carbonyl (C=O) groups excluding carboxylic acids is 1. The molecule has 2 unspecified atom stereocenters. The summed E-state index contributed by atoms with van der Waals surface area (Å²) in [4.78, 5) is 24.8. The van der Waals surface area contributed by atoms with Gasteiger partial charge in [0.25, 0.3) is 0 Å². The van der Waals surface area contributed by atoms with Crippen LogP contribution in [0, 0.1) is 18.8 Å². The molecule has 1 N–H and O–H groups in total. The SMILES string of the molecule is COCCN(Cc1ccc(C)o1)C(=O)C1CC1C(=O)O. The number of hydrogen-bond acceptors (Lipinski definition) is 4. The summed E-state index contributed by atoms with van der Waals surface area (Å²) >= 11 is 0. The Morgan fingerprint density at radius 2 is 2.20 bits per heavy atom. The number of aryl methyl sites for hydroxylation is 1. The molecule has 0 aliphatic heterocycles. The summed E-state index contributed by atoms with van der Waals surface area (Å²) in [7, 11) is 1.57. The van der Waals surface area contributed by atoms with E-state index in [-0.39, 0.29) is 5.91 Å². The average Bonchev–Trinajstić information content (AvgIpc) is 3.11. The highest BCUT2D eigenvalue weighted by atomic mass is 16.5. The first-order valence-electron chi connectivity index (χ1n) is 6.58. The van der Waals surface area contributed by atoms with Crippen molar-refractivity contribution in [3.05, 3.63) is 23.7 Å². The van der Waals surface area contributed by atoms with Gasteiger partial charge in [-0.25, -0.2) is 0 Å². The maximum absolute atomic E-state index is 12.3. The molecule has 1 heterocycles. The number of aliphatic carboxylic acids is 1. The van der Waals surface area contributed by atoms with Gasteiger partial charge in [-0.3, -0.25) is 9.59 Å². The van der Waals surface area contributed by atoms with Gasteiger partial charge < -0.3 is 19.2 Å². The minimum Gasteiger partial charge on any atom is -0.481 e. The second-order valence-corrected chi connectivity index (χ2v) is 5.05. The Morgan fingerprint density at radius 1 is 1.45 bits per heavy atom. The first kappa shape index (κ1) is 14.6. The van der Waals surface area contributed by atoms with Gasteiger partial charge in [-0.1, -0.05) is 0 Å². The van der Waals surface area contributed by atoms with Crippen molar-refractivity contribution in [3.8, 4) is 0 Å². The molecule has 1 aromatic heterocycles. The van der Waals surface area contributed by atoms with Crippen LogP contribution in [0.25, 0.3) is 0 Å². The molecular weight excluding hydrogens is 262 g/mol. The molecule has 6 nitrogen and oxygen atoms in total. The summed E-state index contributed by atoms with van der Waals surface area (Å²) in [6.45, 7) is 3.03. The first-order valence-corrected chi connectivity index (χ1v) is 6.58. The number of carboxylic acid groups (broad SMARTS) is 1. The summed E-state index contributed by atoms with van der Waals surface area (Å²) in [5.41, 5.74) is 0. The maximum Gasteiger partial charge on any atom is 0.307 e. The van der Waals surface area contributed by atoms with E-state index in [4.69, 9.17) is 14.3 Å². The fourth-order valence-electron chi connectivity index (χ4n) is 2.20. The predicted molar refractivity (Wildman–Crippen MR) is 70.0 cm³/mol. The van der Waals surface area contributed by atoms with Gasteiger partial charge in [-0.05, 0) is 25.5 Å². The van der Waals surface area contributed by atoms with Gasteiger partial charge in [0.05, 0.1) is 25.0 Å². The average molecular weight is 281 g/mol. The zero-order chi connectivity index (χ0) is 14.7. The topological polar surface area (TPSA) is 80.0 Å². The molecule has 0 radical (unpaired) electrons. The van der Waals surface area contributed by atoms with Crippen molar-refractivity contribution >= 4 is 11.9 Å². The molecule has 1 amide bonds. The van der Waals surface area contributed by atoms with Crippen molar-refractivity contribution in [2.45, 2.75) is 19.9 Å². The summed E-state index contributed by atoms with van der Waals surface area (Å²) in [6.07, 6.45) is 0.425. The molecule has 2 atom stereocenters. The Bertz CT molecular complexity index is 496. The number of amides is 1. The lowest BCUT2D eigenvalue weighted by molar-refractivity contribution is -0.142. The zero-order valence-electron chi connectivity index (χ0n) is 11.7. The van der Waals surface area contributed by atoms with E-state index in [9.17, 15) is 9.59 Å². The van der Waals surface area contributed by atoms with E-state index in [1.807, 2.05) is 19.1 Å². The molecule has 1 fully saturated rings. The Morgan fingerprint density at radius 3 is 2.70 bits per heavy atom. The largest absolute Gasteiger partial charge is 0.481 e. The van der Waals surface area contributed by atoms with Gasteiger partial charge in [0.2, 0.25) is 5.91 Å². The van der Waals surface area contributed by atoms with E-state index in [2.05, 4.69) is 0 Å². The number of ether oxygens (including phenoxy) is 1. The Labute approximate surface area is 117 Å². The zero-order valence-corrected chi connectivity index (χ0v) is 11.7. The highest BCUT2D eigenvalue weighted by Crippen LogP contribution is 2.40. The molecule has 110 valence electrons. The second kappa shape index (κ2) is 6.09. The molecule has 1 aliphatic rings. The molecule has 6 heteroatoms. The van der Waals surface area contributed by atoms with E-state index < -0.39 is 17.8 Å². The maximum atomic E-state index is 12.3. The predicted octanol–water partition coefficient (Wildman–Crippen LogP) is 1.28. The van der Waals surface area contributed by atoms with Crippen molar-refractivity contribution in [3.63, 3.8) is 0 Å². The number of hydrogen-bond donors (Lipinski definition) is 1. The monoisotopic (exact) mass is 281 g/mol. The Hall–Kier alpha value is -1.82. The highest BCUT2D eigenvalue weighted by Gasteiger charge is 2.49. The van der Waals surface area contributed by atoms with E-state index >= 15 is 0 Å². The van der Waals surface area contributed by atoms with Crippen LogP contribution in [0.2, 0.25) is 0 Å². The number of carbonyl (C=O) groups is 2. The van der Waals surface area contributed by atoms with Crippen LogP contribution in [-0.4, -0.2) is 42.1 Å². The van der Waals surface area contributed by atoms with Gasteiger partial charge in [0, 0.05) is 13.7 Å². The van der Waals surface area contributed by atoms with Crippen molar-refractivity contribution < 1.29 is 23.8 Å². The molecule has 0 bridgehead atoms. The van der Waals surface area contributed by atoms with Crippen LogP contribution in [0.1, 0.15) is 17.9 Å². The summed E-state index contributed by atoms with van der Waals surface area (Å²) in [5, 5.41) is 8.91. The first-order chi connectivity index (χ1) is 9.52. The van der Waals surface area contributed by atoms with Crippen molar-refractivity contribution in [1.82, 2.24) is 4.90 Å². The van der Waals surface area contributed by atoms with E-state index in [0.717, 1.165) is 5.76 Å². The van der Waals surface area contributed by atoms with Crippen molar-refractivity contribution in [1.29, 1.82) is 0 Å². The smallest absolute Gasteiger partial charge is 0.307 e. The second-order valence-electron chi connectivity index (χ2n) is 5.05. The number of furan rings is 1. The van der Waals surface area contributed by atoms with Crippen LogP contribution < -0.4 is 0 Å². The van der Waals surface area contributed by atoms with Crippen molar-refractivity contribution in [2.75, 3.05) is 20.3 Å². The van der Waals surface area contributed by atoms with Crippen LogP contribution in [0.15, 0.2) is 16.5 Å². The minimum absolute atomic E-state index is 0.136. The molecule has 1 aliphatic carbocycles. The fraction of sp³-hybridized carbons (Fsp3) is 0.571. The summed E-state index contributed by atoms with van der Waals surface area (Å²) in [6, 6.07) is 3.66. The van der Waals surface area contributed by atoms with Gasteiger partial charge in [0.1, 0.15) is 11.5 Å². The molecule has 0 saturated heterocycles. The standard InChI is InChI=1S/C14H19NO5/c1-9-3-4-10(20-9)8-15(5-6-19-2)13(16)11-7-12(11)14(17)18/h3-4,11-12H,5-8H2,1-2H3,(H,17,18). The quantitative estimate of drug-likeness (QED) is 0.814. The normalized spacial score (nSPS) is 20.7. The Kier molecular flexibility index (Phi) is 4.44. The van der Waals surface area contributed by atoms with Crippen LogP contribution in [0.4, 0.5) is 0 Å². The number of rotatable bonds is 7. The van der Waals surface area contributed by atoms with E-state index in [1.54, 1.807) is 12.0 Å². The molecule has 2 rings (SSSR count). The van der Waals surface area contributed by atoms with Crippen molar-refractivity contribution in [2.24, 2.45) is 11.8 Å². The van der Waals surface area contributed by atoms with E-state index in [0.29, 0.717) is 31.9 Å². The van der Waals surface area contributed by atoms with Gasteiger partial charge >= 0.3 is 5.97 Å². The third-order valence-electron chi connectivity index (χ3n) is 3.44. The molecule has 0 spiro atoms. The van der Waals surface area contributed by atoms with Crippen LogP contribution in [0.3, 0.4) is 0 Å². The van der Waals surface area contributed by atoms with Crippen LogP contribution in [-0.2, 0) is 20.9 Å². The van der Waals surface area contributed by atoms with Gasteiger partial charge in [0.15, 0.2) is 0 Å². The van der Waals surface area contributed by atoms with E-state index in [1.165, 1.54) is 0 Å². The molecule has 1 saturated carbocycles. The summed E-state index contributed by atoms with van der Waals surface area (Å²) in [5.74, 6) is -0.493. The van der Waals surface area contributed by atoms with Crippen LogP contribution in [0.5, 0.6) is 0 Å². The summed E-state index contributed by atoms with van der Waals surface area (Å²) < 4.78 is 10.5. The van der Waals surface area contributed by atoms with Gasteiger partial charge in [-0.2, -0.15) is 0 Å². The third kappa shape index (κ3) is 3.39. The van der Waals surface area contributed by atoms with Gasteiger partial charge in [-0.15, -0.1) is 0 Å². The molecule has 1 aromatic rings. The highest BCUT2D eigenvalue weighted by molar-refractivity contribution is 5.89. The molecule has 0 aromatic carbocycles. The van der Waals surface area contributed by atoms with Crippen LogP contribution >= 0.6 is 0 Å². The lowest BCUT2D eigenvalue weighted by Gasteiger charge is -2.21. The molecular formula is C14H19NO5. The minimum atomic E-state index is -0.899. The molecule has 20 heavy (non-hydrogen) atoms. The number of carboxylic acids is 1.